The van der Waals surface area contributed by atoms with Crippen LogP contribution >= 0.6 is 0 Å². The van der Waals surface area contributed by atoms with Gasteiger partial charge in [0.25, 0.3) is 0 Å². The molecule has 3 N–H and O–H groups in total. The van der Waals surface area contributed by atoms with Crippen LogP contribution in [0, 0.1) is 0 Å². The first-order valence-electron chi connectivity index (χ1n) is 5.31. The van der Waals surface area contributed by atoms with Crippen LogP contribution in [0.15, 0.2) is 24.3 Å². The monoisotopic (exact) mass is 231 g/mol. The normalized spacial score (nSPS) is 21.1. The number of nitrogens with two attached hydrogens (primary N) is 1. The molecule has 1 aromatic carbocycles. The molecule has 1 atom stereocenters. The lowest BCUT2D eigenvalue weighted by Crippen LogP contribution is -2.81. The Kier molecular flexibility index (Phi) is 3.05. The van der Waals surface area contributed by atoms with E-state index in [4.69, 9.17) is 0 Å². The number of alkyl halides is 3. The lowest BCUT2D eigenvalue weighted by Gasteiger charge is -2.13. The molecule has 0 bridgehead atoms. The number of hydrogen-bond acceptors (Lipinski definition) is 1. The van der Waals surface area contributed by atoms with Crippen LogP contribution in [-0.4, -0.2) is 19.1 Å². The lowest BCUT2D eigenvalue weighted by atomic mass is 10.1. The highest BCUT2D eigenvalue weighted by Crippen LogP contribution is 2.30. The molecule has 0 spiro atoms. The predicted molar refractivity (Wildman–Crippen MR) is 55.1 cm³/mol. The van der Waals surface area contributed by atoms with Crippen LogP contribution in [-0.2, 0) is 6.18 Å². The third-order valence-corrected chi connectivity index (χ3v) is 2.73. The van der Waals surface area contributed by atoms with Crippen molar-refractivity contribution in [3.8, 4) is 0 Å². The number of rotatable bonds is 2. The fourth-order valence-electron chi connectivity index (χ4n) is 1.91. The molecule has 1 heterocycles. The largest absolute Gasteiger partial charge is 0.416 e. The van der Waals surface area contributed by atoms with Gasteiger partial charge in [0.15, 0.2) is 0 Å². The van der Waals surface area contributed by atoms with Crippen LogP contribution < -0.4 is 10.6 Å². The molecule has 88 valence electrons. The maximum absolute atomic E-state index is 12.4. The lowest BCUT2D eigenvalue weighted by molar-refractivity contribution is -0.636. The van der Waals surface area contributed by atoms with Gasteiger partial charge in [-0.3, -0.25) is 0 Å². The summed E-state index contributed by atoms with van der Waals surface area (Å²) in [6, 6.07) is 5.64. The molecule has 0 saturated carbocycles. The molecule has 0 aromatic heterocycles. The van der Waals surface area contributed by atoms with Crippen molar-refractivity contribution in [3.63, 3.8) is 0 Å². The Balaban J connectivity index is 2.09. The Bertz CT molecular complexity index is 356. The van der Waals surface area contributed by atoms with E-state index in [-0.39, 0.29) is 6.04 Å². The van der Waals surface area contributed by atoms with Gasteiger partial charge in [-0.05, 0) is 18.2 Å². The Labute approximate surface area is 91.8 Å². The second kappa shape index (κ2) is 4.33. The number of quaternary nitrogens is 1. The third-order valence-electron chi connectivity index (χ3n) is 2.73. The van der Waals surface area contributed by atoms with Crippen molar-refractivity contribution in [1.29, 1.82) is 0 Å². The smallest absolute Gasteiger partial charge is 0.377 e. The second-order valence-electron chi connectivity index (χ2n) is 4.02. The van der Waals surface area contributed by atoms with E-state index in [2.05, 4.69) is 10.6 Å². The van der Waals surface area contributed by atoms with E-state index < -0.39 is 11.7 Å². The summed E-state index contributed by atoms with van der Waals surface area (Å²) in [5, 5.41) is 5.28. The van der Waals surface area contributed by atoms with E-state index in [0.717, 1.165) is 31.6 Å². The van der Waals surface area contributed by atoms with Crippen molar-refractivity contribution in [2.24, 2.45) is 0 Å². The fraction of sp³-hybridized carbons (Fsp3) is 0.455. The number of anilines is 1. The van der Waals surface area contributed by atoms with Crippen molar-refractivity contribution < 1.29 is 18.5 Å². The first kappa shape index (κ1) is 11.3. The highest BCUT2D eigenvalue weighted by Gasteiger charge is 2.30. The van der Waals surface area contributed by atoms with Crippen molar-refractivity contribution >= 4 is 5.69 Å². The summed E-state index contributed by atoms with van der Waals surface area (Å²) in [7, 11) is 0. The predicted octanol–water partition coefficient (Wildman–Crippen LogP) is 1.45. The Morgan fingerprint density at radius 3 is 2.75 bits per heavy atom. The summed E-state index contributed by atoms with van der Waals surface area (Å²) in [5.41, 5.74) is -0.0467. The van der Waals surface area contributed by atoms with Gasteiger partial charge in [0.1, 0.15) is 0 Å². The molecule has 16 heavy (non-hydrogen) atoms. The second-order valence-corrected chi connectivity index (χ2v) is 4.02. The summed E-state index contributed by atoms with van der Waals surface area (Å²) in [6.07, 6.45) is -3.27. The van der Waals surface area contributed by atoms with Gasteiger partial charge in [-0.2, -0.15) is 13.2 Å². The fourth-order valence-corrected chi connectivity index (χ4v) is 1.91. The molecule has 5 heteroatoms. The molecular formula is C11H14F3N2+. The van der Waals surface area contributed by atoms with Gasteiger partial charge in [-0.25, -0.2) is 0 Å². The molecule has 0 unspecified atom stereocenters. The van der Waals surface area contributed by atoms with Crippen LogP contribution in [0.25, 0.3) is 0 Å². The molecule has 2 nitrogen and oxygen atoms in total. The van der Waals surface area contributed by atoms with Gasteiger partial charge in [0, 0.05) is 12.1 Å². The minimum absolute atomic E-state index is 0.281. The number of benzene rings is 1. The van der Waals surface area contributed by atoms with Crippen LogP contribution in [0.2, 0.25) is 0 Å². The first-order valence-corrected chi connectivity index (χ1v) is 5.31. The standard InChI is InChI=1S/C11H13F3N2/c12-11(13,14)8-2-1-3-9(6-8)16-10-4-5-15-7-10/h1-3,6,10,15-16H,4-5,7H2/p+1/t10-/m1/s1. The van der Waals surface area contributed by atoms with E-state index in [9.17, 15) is 13.2 Å². The summed E-state index contributed by atoms with van der Waals surface area (Å²) >= 11 is 0. The number of halogens is 3. The van der Waals surface area contributed by atoms with E-state index in [1.807, 2.05) is 0 Å². The molecule has 1 saturated heterocycles. The van der Waals surface area contributed by atoms with Crippen molar-refractivity contribution in [2.75, 3.05) is 18.4 Å². The highest BCUT2D eigenvalue weighted by atomic mass is 19.4. The Morgan fingerprint density at radius 1 is 1.31 bits per heavy atom. The molecule has 0 amide bonds. The molecule has 0 radical (unpaired) electrons. The Hall–Kier alpha value is -1.23. The quantitative estimate of drug-likeness (QED) is 0.792. The first-order chi connectivity index (χ1) is 7.55. The van der Waals surface area contributed by atoms with Gasteiger partial charge in [-0.1, -0.05) is 6.07 Å². The molecule has 1 aliphatic heterocycles. The van der Waals surface area contributed by atoms with E-state index in [0.29, 0.717) is 5.69 Å². The van der Waals surface area contributed by atoms with Crippen molar-refractivity contribution in [3.05, 3.63) is 29.8 Å². The minimum atomic E-state index is -4.26. The molecule has 0 aliphatic carbocycles. The molecule has 1 aromatic rings. The third kappa shape index (κ3) is 2.66. The molecule has 2 rings (SSSR count). The zero-order valence-electron chi connectivity index (χ0n) is 8.72. The topological polar surface area (TPSA) is 28.6 Å². The molecular weight excluding hydrogens is 217 g/mol. The minimum Gasteiger partial charge on any atom is -0.377 e. The van der Waals surface area contributed by atoms with Gasteiger partial charge in [0.05, 0.1) is 24.7 Å². The SMILES string of the molecule is FC(F)(F)c1cccc(N[C@@H]2CC[NH2+]C2)c1. The average Bonchev–Trinajstić information content (AvgIpc) is 2.70. The molecule has 1 fully saturated rings. The summed E-state index contributed by atoms with van der Waals surface area (Å²) in [4.78, 5) is 0. The average molecular weight is 231 g/mol. The highest BCUT2D eigenvalue weighted by molar-refractivity contribution is 5.47. The van der Waals surface area contributed by atoms with Crippen molar-refractivity contribution in [1.82, 2.24) is 0 Å². The van der Waals surface area contributed by atoms with E-state index in [1.165, 1.54) is 6.07 Å². The number of hydrogen-bond donors (Lipinski definition) is 2. The van der Waals surface area contributed by atoms with Gasteiger partial charge in [-0.15, -0.1) is 0 Å². The summed E-state index contributed by atoms with van der Waals surface area (Å²) in [5.74, 6) is 0. The van der Waals surface area contributed by atoms with Crippen molar-refractivity contribution in [2.45, 2.75) is 18.6 Å². The maximum atomic E-state index is 12.4. The zero-order valence-corrected chi connectivity index (χ0v) is 8.72. The number of nitrogens with one attached hydrogen (secondary N) is 1. The Morgan fingerprint density at radius 2 is 2.12 bits per heavy atom. The van der Waals surface area contributed by atoms with E-state index in [1.54, 1.807) is 6.07 Å². The van der Waals surface area contributed by atoms with Gasteiger partial charge >= 0.3 is 6.18 Å². The van der Waals surface area contributed by atoms with Crippen LogP contribution in [0.5, 0.6) is 0 Å². The van der Waals surface area contributed by atoms with Crippen LogP contribution in [0.3, 0.4) is 0 Å². The maximum Gasteiger partial charge on any atom is 0.416 e. The van der Waals surface area contributed by atoms with Gasteiger partial charge < -0.3 is 10.6 Å². The van der Waals surface area contributed by atoms with Crippen LogP contribution in [0.4, 0.5) is 18.9 Å². The molecule has 1 aliphatic rings. The van der Waals surface area contributed by atoms with Gasteiger partial charge in [0.2, 0.25) is 0 Å². The summed E-state index contributed by atoms with van der Waals surface area (Å²) < 4.78 is 37.3. The summed E-state index contributed by atoms with van der Waals surface area (Å²) in [6.45, 7) is 1.97. The zero-order chi connectivity index (χ0) is 11.6. The van der Waals surface area contributed by atoms with Crippen LogP contribution in [0.1, 0.15) is 12.0 Å². The van der Waals surface area contributed by atoms with E-state index >= 15 is 0 Å².